The first-order chi connectivity index (χ1) is 9.99. The second-order valence-electron chi connectivity index (χ2n) is 5.57. The standard InChI is InChI=1S/C15H22FN3O2/c1-17(2)6-7-18-8-10-19(11-9-18)14-12(15(20)21)4-3-5-13(14)16/h3-5H,6-11H2,1-2H3,(H,20,21). The summed E-state index contributed by atoms with van der Waals surface area (Å²) in [6.45, 7) is 4.90. The molecule has 0 aromatic heterocycles. The normalized spacial score (nSPS) is 16.5. The molecule has 0 saturated carbocycles. The number of anilines is 1. The first-order valence-electron chi connectivity index (χ1n) is 7.13. The van der Waals surface area contributed by atoms with Crippen LogP contribution in [0.5, 0.6) is 0 Å². The summed E-state index contributed by atoms with van der Waals surface area (Å²) in [6.07, 6.45) is 0. The lowest BCUT2D eigenvalue weighted by molar-refractivity contribution is 0.0697. The van der Waals surface area contributed by atoms with Gasteiger partial charge in [0.1, 0.15) is 5.82 Å². The van der Waals surface area contributed by atoms with Crippen molar-refractivity contribution in [2.45, 2.75) is 0 Å². The third-order valence-corrected chi connectivity index (χ3v) is 3.77. The molecule has 1 heterocycles. The van der Waals surface area contributed by atoms with Gasteiger partial charge in [-0.1, -0.05) is 6.07 Å². The smallest absolute Gasteiger partial charge is 0.337 e. The maximum atomic E-state index is 14.0. The Kier molecular flexibility index (Phi) is 5.14. The van der Waals surface area contributed by atoms with E-state index in [0.29, 0.717) is 13.1 Å². The van der Waals surface area contributed by atoms with Crippen LogP contribution in [0.15, 0.2) is 18.2 Å². The van der Waals surface area contributed by atoms with Gasteiger partial charge in [-0.3, -0.25) is 4.90 Å². The molecular weight excluding hydrogens is 273 g/mol. The van der Waals surface area contributed by atoms with Crippen LogP contribution < -0.4 is 4.90 Å². The Morgan fingerprint density at radius 1 is 1.29 bits per heavy atom. The number of para-hydroxylation sites is 1. The number of carboxylic acids is 1. The maximum Gasteiger partial charge on any atom is 0.337 e. The highest BCUT2D eigenvalue weighted by molar-refractivity contribution is 5.94. The molecule has 21 heavy (non-hydrogen) atoms. The molecule has 0 amide bonds. The number of carboxylic acid groups (broad SMARTS) is 1. The number of benzene rings is 1. The van der Waals surface area contributed by atoms with Crippen LogP contribution in [0.4, 0.5) is 10.1 Å². The molecule has 1 aromatic rings. The fourth-order valence-corrected chi connectivity index (χ4v) is 2.55. The average molecular weight is 295 g/mol. The molecule has 1 aliphatic rings. The summed E-state index contributed by atoms with van der Waals surface area (Å²) >= 11 is 0. The second-order valence-corrected chi connectivity index (χ2v) is 5.57. The fraction of sp³-hybridized carbons (Fsp3) is 0.533. The molecule has 1 aliphatic heterocycles. The lowest BCUT2D eigenvalue weighted by Gasteiger charge is -2.37. The second kappa shape index (κ2) is 6.87. The van der Waals surface area contributed by atoms with Crippen molar-refractivity contribution in [2.75, 3.05) is 58.3 Å². The van der Waals surface area contributed by atoms with E-state index in [0.717, 1.165) is 26.2 Å². The van der Waals surface area contributed by atoms with E-state index in [-0.39, 0.29) is 11.3 Å². The number of hydrogen-bond acceptors (Lipinski definition) is 4. The molecule has 1 aromatic carbocycles. The van der Waals surface area contributed by atoms with Gasteiger partial charge in [0.25, 0.3) is 0 Å². The van der Waals surface area contributed by atoms with Gasteiger partial charge in [-0.15, -0.1) is 0 Å². The monoisotopic (exact) mass is 295 g/mol. The minimum Gasteiger partial charge on any atom is -0.478 e. The Balaban J connectivity index is 2.04. The Bertz CT molecular complexity index is 500. The summed E-state index contributed by atoms with van der Waals surface area (Å²) in [4.78, 5) is 17.5. The number of nitrogens with zero attached hydrogens (tertiary/aromatic N) is 3. The van der Waals surface area contributed by atoms with E-state index in [9.17, 15) is 14.3 Å². The van der Waals surface area contributed by atoms with Gasteiger partial charge in [0.05, 0.1) is 11.3 Å². The minimum absolute atomic E-state index is 0.0386. The van der Waals surface area contributed by atoms with E-state index in [1.165, 1.54) is 18.2 Å². The summed E-state index contributed by atoms with van der Waals surface area (Å²) in [5.41, 5.74) is 0.258. The Morgan fingerprint density at radius 3 is 2.52 bits per heavy atom. The predicted octanol–water partition coefficient (Wildman–Crippen LogP) is 1.21. The van der Waals surface area contributed by atoms with Gasteiger partial charge in [0.2, 0.25) is 0 Å². The van der Waals surface area contributed by atoms with Crippen molar-refractivity contribution in [3.63, 3.8) is 0 Å². The topological polar surface area (TPSA) is 47.0 Å². The van der Waals surface area contributed by atoms with Crippen molar-refractivity contribution in [2.24, 2.45) is 0 Å². The summed E-state index contributed by atoms with van der Waals surface area (Å²) in [5.74, 6) is -1.55. The van der Waals surface area contributed by atoms with E-state index in [4.69, 9.17) is 0 Å². The zero-order valence-corrected chi connectivity index (χ0v) is 12.5. The Labute approximate surface area is 124 Å². The molecule has 0 bridgehead atoms. The highest BCUT2D eigenvalue weighted by Crippen LogP contribution is 2.25. The van der Waals surface area contributed by atoms with Gasteiger partial charge in [-0.2, -0.15) is 0 Å². The van der Waals surface area contributed by atoms with Crippen LogP contribution in [-0.2, 0) is 0 Å². The quantitative estimate of drug-likeness (QED) is 0.885. The zero-order chi connectivity index (χ0) is 15.4. The van der Waals surface area contributed by atoms with Crippen molar-refractivity contribution in [1.29, 1.82) is 0 Å². The lowest BCUT2D eigenvalue weighted by atomic mass is 10.1. The van der Waals surface area contributed by atoms with Gasteiger partial charge >= 0.3 is 5.97 Å². The molecule has 1 saturated heterocycles. The highest BCUT2D eigenvalue weighted by atomic mass is 19.1. The number of likely N-dealkylation sites (N-methyl/N-ethyl adjacent to an activating group) is 1. The van der Waals surface area contributed by atoms with E-state index >= 15 is 0 Å². The van der Waals surface area contributed by atoms with Crippen molar-refractivity contribution >= 4 is 11.7 Å². The van der Waals surface area contributed by atoms with Gasteiger partial charge < -0.3 is 14.9 Å². The van der Waals surface area contributed by atoms with E-state index in [1.807, 2.05) is 19.0 Å². The van der Waals surface area contributed by atoms with Crippen LogP contribution in [0.2, 0.25) is 0 Å². The Hall–Kier alpha value is -1.66. The number of piperazine rings is 1. The predicted molar refractivity (Wildman–Crippen MR) is 80.6 cm³/mol. The average Bonchev–Trinajstić information content (AvgIpc) is 2.45. The molecule has 1 fully saturated rings. The first kappa shape index (κ1) is 15.7. The van der Waals surface area contributed by atoms with Crippen molar-refractivity contribution in [3.8, 4) is 0 Å². The summed E-state index contributed by atoms with van der Waals surface area (Å²) in [5, 5.41) is 9.21. The van der Waals surface area contributed by atoms with Gasteiger partial charge in [-0.05, 0) is 26.2 Å². The molecule has 1 N–H and O–H groups in total. The summed E-state index contributed by atoms with van der Waals surface area (Å²) in [7, 11) is 4.07. The molecule has 2 rings (SSSR count). The number of aromatic carboxylic acids is 1. The van der Waals surface area contributed by atoms with E-state index in [2.05, 4.69) is 9.80 Å². The summed E-state index contributed by atoms with van der Waals surface area (Å²) < 4.78 is 14.0. The molecule has 116 valence electrons. The molecule has 0 unspecified atom stereocenters. The number of carbonyl (C=O) groups is 1. The molecule has 0 aliphatic carbocycles. The van der Waals surface area contributed by atoms with E-state index in [1.54, 1.807) is 0 Å². The van der Waals surface area contributed by atoms with Crippen LogP contribution >= 0.6 is 0 Å². The fourth-order valence-electron chi connectivity index (χ4n) is 2.55. The number of hydrogen-bond donors (Lipinski definition) is 1. The highest BCUT2D eigenvalue weighted by Gasteiger charge is 2.24. The number of rotatable bonds is 5. The molecule has 0 radical (unpaired) electrons. The van der Waals surface area contributed by atoms with Gasteiger partial charge in [0.15, 0.2) is 0 Å². The third kappa shape index (κ3) is 3.92. The van der Waals surface area contributed by atoms with Crippen LogP contribution in [0.3, 0.4) is 0 Å². The zero-order valence-electron chi connectivity index (χ0n) is 12.5. The van der Waals surface area contributed by atoms with Crippen molar-refractivity contribution in [3.05, 3.63) is 29.6 Å². The SMILES string of the molecule is CN(C)CCN1CCN(c2c(F)cccc2C(=O)O)CC1. The molecule has 0 spiro atoms. The summed E-state index contributed by atoms with van der Waals surface area (Å²) in [6, 6.07) is 4.22. The largest absolute Gasteiger partial charge is 0.478 e. The van der Waals surface area contributed by atoms with E-state index < -0.39 is 11.8 Å². The third-order valence-electron chi connectivity index (χ3n) is 3.77. The van der Waals surface area contributed by atoms with Crippen LogP contribution in [0.25, 0.3) is 0 Å². The lowest BCUT2D eigenvalue weighted by Crippen LogP contribution is -2.48. The molecule has 6 heteroatoms. The minimum atomic E-state index is -1.08. The molecule has 5 nitrogen and oxygen atoms in total. The van der Waals surface area contributed by atoms with Gasteiger partial charge in [-0.25, -0.2) is 9.18 Å². The van der Waals surface area contributed by atoms with Gasteiger partial charge in [0, 0.05) is 39.3 Å². The Morgan fingerprint density at radius 2 is 1.95 bits per heavy atom. The van der Waals surface area contributed by atoms with Crippen molar-refractivity contribution < 1.29 is 14.3 Å². The number of halogens is 1. The first-order valence-corrected chi connectivity index (χ1v) is 7.13. The van der Waals surface area contributed by atoms with Crippen LogP contribution in [0.1, 0.15) is 10.4 Å². The molecule has 0 atom stereocenters. The maximum absolute atomic E-state index is 14.0. The van der Waals surface area contributed by atoms with Crippen molar-refractivity contribution in [1.82, 2.24) is 9.80 Å². The van der Waals surface area contributed by atoms with Crippen LogP contribution in [0, 0.1) is 5.82 Å². The van der Waals surface area contributed by atoms with Crippen LogP contribution in [-0.4, -0.2) is 74.2 Å². The molecular formula is C15H22FN3O2.